The van der Waals surface area contributed by atoms with Gasteiger partial charge in [0, 0.05) is 0 Å². The second-order valence-corrected chi connectivity index (χ2v) is 6.51. The van der Waals surface area contributed by atoms with Crippen LogP contribution in [0.1, 0.15) is 68.3 Å². The first-order chi connectivity index (χ1) is 12.8. The number of para-hydroxylation sites is 2. The van der Waals surface area contributed by atoms with E-state index in [1.807, 2.05) is 42.5 Å². The smallest absolute Gasteiger partial charge is 0.347 e. The van der Waals surface area contributed by atoms with Crippen LogP contribution in [0, 0.1) is 0 Å². The second kappa shape index (κ2) is 11.3. The van der Waals surface area contributed by atoms with Crippen molar-refractivity contribution in [2.45, 2.75) is 58.8 Å². The van der Waals surface area contributed by atoms with Gasteiger partial charge in [0.1, 0.15) is 17.1 Å². The molecule has 0 spiro atoms. The van der Waals surface area contributed by atoms with Crippen LogP contribution in [0.15, 0.2) is 48.5 Å². The summed E-state index contributed by atoms with van der Waals surface area (Å²) in [7, 11) is 0. The number of rotatable bonds is 11. The van der Waals surface area contributed by atoms with E-state index >= 15 is 0 Å². The summed E-state index contributed by atoms with van der Waals surface area (Å²) in [4.78, 5) is 12.7. The van der Waals surface area contributed by atoms with Crippen LogP contribution in [-0.4, -0.2) is 12.6 Å². The molecule has 0 amide bonds. The Morgan fingerprint density at radius 2 is 1.46 bits per heavy atom. The Bertz CT molecular complexity index is 679. The van der Waals surface area contributed by atoms with Crippen LogP contribution in [0.25, 0.3) is 0 Å². The highest BCUT2D eigenvalue weighted by atomic mass is 16.5. The SMILES string of the molecule is CCCCCOc1ccccc1C(=O)Oc1ccccc1CCCCC. The standard InChI is InChI=1S/C23H30O3/c1-3-5-7-13-19-14-8-10-16-21(19)26-23(24)20-15-9-11-17-22(20)25-18-12-6-4-2/h8-11,14-17H,3-7,12-13,18H2,1-2H3. The molecule has 2 rings (SSSR count). The van der Waals surface area contributed by atoms with Gasteiger partial charge in [-0.15, -0.1) is 0 Å². The lowest BCUT2D eigenvalue weighted by atomic mass is 10.1. The zero-order valence-corrected chi connectivity index (χ0v) is 16.0. The molecule has 0 unspecified atom stereocenters. The number of carbonyl (C=O) groups excluding carboxylic acids is 1. The highest BCUT2D eigenvalue weighted by Crippen LogP contribution is 2.24. The van der Waals surface area contributed by atoms with E-state index < -0.39 is 0 Å². The Kier molecular flexibility index (Phi) is 8.74. The van der Waals surface area contributed by atoms with Crippen LogP contribution in [0.4, 0.5) is 0 Å². The first-order valence-electron chi connectivity index (χ1n) is 9.78. The van der Waals surface area contributed by atoms with Gasteiger partial charge in [0.2, 0.25) is 0 Å². The highest BCUT2D eigenvalue weighted by Gasteiger charge is 2.16. The van der Waals surface area contributed by atoms with Gasteiger partial charge >= 0.3 is 5.97 Å². The molecular weight excluding hydrogens is 324 g/mol. The molecule has 140 valence electrons. The molecule has 0 bridgehead atoms. The fraction of sp³-hybridized carbons (Fsp3) is 0.435. The number of hydrogen-bond donors (Lipinski definition) is 0. The molecule has 3 nitrogen and oxygen atoms in total. The molecule has 2 aromatic rings. The number of carbonyl (C=O) groups is 1. The molecule has 0 radical (unpaired) electrons. The minimum absolute atomic E-state index is 0.362. The third kappa shape index (κ3) is 6.21. The molecule has 0 fully saturated rings. The van der Waals surface area contributed by atoms with Crippen molar-refractivity contribution in [3.63, 3.8) is 0 Å². The van der Waals surface area contributed by atoms with Crippen molar-refractivity contribution >= 4 is 5.97 Å². The molecule has 0 heterocycles. The van der Waals surface area contributed by atoms with Crippen molar-refractivity contribution in [1.82, 2.24) is 0 Å². The summed E-state index contributed by atoms with van der Waals surface area (Å²) in [5.74, 6) is 0.880. The Balaban J connectivity index is 2.06. The largest absolute Gasteiger partial charge is 0.493 e. The number of esters is 1. The van der Waals surface area contributed by atoms with Gasteiger partial charge in [-0.1, -0.05) is 69.9 Å². The van der Waals surface area contributed by atoms with Crippen LogP contribution in [0.5, 0.6) is 11.5 Å². The fourth-order valence-corrected chi connectivity index (χ4v) is 2.83. The molecule has 0 saturated heterocycles. The molecule has 0 aliphatic heterocycles. The predicted octanol–water partition coefficient (Wildman–Crippen LogP) is 6.21. The van der Waals surface area contributed by atoms with Crippen molar-refractivity contribution < 1.29 is 14.3 Å². The Morgan fingerprint density at radius 3 is 2.23 bits per heavy atom. The number of hydrogen-bond acceptors (Lipinski definition) is 3. The Hall–Kier alpha value is -2.29. The lowest BCUT2D eigenvalue weighted by Crippen LogP contribution is -2.12. The zero-order chi connectivity index (χ0) is 18.6. The molecule has 0 aliphatic carbocycles. The third-order valence-corrected chi connectivity index (χ3v) is 4.34. The normalized spacial score (nSPS) is 10.5. The maximum absolute atomic E-state index is 12.7. The van der Waals surface area contributed by atoms with Gasteiger partial charge in [-0.25, -0.2) is 4.79 Å². The fourth-order valence-electron chi connectivity index (χ4n) is 2.83. The van der Waals surface area contributed by atoms with Crippen molar-refractivity contribution in [2.24, 2.45) is 0 Å². The van der Waals surface area contributed by atoms with E-state index in [2.05, 4.69) is 13.8 Å². The van der Waals surface area contributed by atoms with Crippen LogP contribution in [0.3, 0.4) is 0 Å². The maximum Gasteiger partial charge on any atom is 0.347 e. The lowest BCUT2D eigenvalue weighted by Gasteiger charge is -2.13. The van der Waals surface area contributed by atoms with Gasteiger partial charge in [-0.3, -0.25) is 0 Å². The Morgan fingerprint density at radius 1 is 0.808 bits per heavy atom. The van der Waals surface area contributed by atoms with Gasteiger partial charge in [-0.05, 0) is 43.0 Å². The molecule has 0 N–H and O–H groups in total. The minimum Gasteiger partial charge on any atom is -0.493 e. The van der Waals surface area contributed by atoms with Crippen LogP contribution < -0.4 is 9.47 Å². The molecule has 0 aliphatic rings. The summed E-state index contributed by atoms with van der Waals surface area (Å²) in [6.45, 7) is 4.96. The van der Waals surface area contributed by atoms with E-state index in [-0.39, 0.29) is 5.97 Å². The molecule has 2 aromatic carbocycles. The quantitative estimate of drug-likeness (QED) is 0.273. The van der Waals surface area contributed by atoms with Crippen molar-refractivity contribution in [2.75, 3.05) is 6.61 Å². The highest BCUT2D eigenvalue weighted by molar-refractivity contribution is 5.94. The van der Waals surface area contributed by atoms with Crippen molar-refractivity contribution in [1.29, 1.82) is 0 Å². The van der Waals surface area contributed by atoms with E-state index in [9.17, 15) is 4.79 Å². The number of benzene rings is 2. The molecule has 0 aromatic heterocycles. The first-order valence-corrected chi connectivity index (χ1v) is 9.78. The number of aryl methyl sites for hydroxylation is 1. The molecular formula is C23H30O3. The summed E-state index contributed by atoms with van der Waals surface area (Å²) < 4.78 is 11.5. The third-order valence-electron chi connectivity index (χ3n) is 4.34. The average molecular weight is 354 g/mol. The van der Waals surface area contributed by atoms with Gasteiger partial charge in [-0.2, -0.15) is 0 Å². The zero-order valence-electron chi connectivity index (χ0n) is 16.0. The topological polar surface area (TPSA) is 35.5 Å². The molecule has 0 atom stereocenters. The maximum atomic E-state index is 12.7. The predicted molar refractivity (Wildman–Crippen MR) is 106 cm³/mol. The van der Waals surface area contributed by atoms with Crippen LogP contribution in [0.2, 0.25) is 0 Å². The Labute approximate surface area is 157 Å². The lowest BCUT2D eigenvalue weighted by molar-refractivity contribution is 0.0728. The summed E-state index contributed by atoms with van der Waals surface area (Å²) in [6.07, 6.45) is 7.62. The number of ether oxygens (including phenoxy) is 2. The van der Waals surface area contributed by atoms with E-state index in [1.54, 1.807) is 6.07 Å². The van der Waals surface area contributed by atoms with E-state index in [4.69, 9.17) is 9.47 Å². The summed E-state index contributed by atoms with van der Waals surface area (Å²) in [6, 6.07) is 15.1. The number of unbranched alkanes of at least 4 members (excludes halogenated alkanes) is 4. The minimum atomic E-state index is -0.362. The molecule has 0 saturated carbocycles. The van der Waals surface area contributed by atoms with Crippen molar-refractivity contribution in [3.05, 3.63) is 59.7 Å². The monoisotopic (exact) mass is 354 g/mol. The van der Waals surface area contributed by atoms with Crippen LogP contribution >= 0.6 is 0 Å². The van der Waals surface area contributed by atoms with Crippen molar-refractivity contribution in [3.8, 4) is 11.5 Å². The van der Waals surface area contributed by atoms with Gasteiger partial charge in [0.15, 0.2) is 0 Å². The van der Waals surface area contributed by atoms with Gasteiger partial charge in [0.05, 0.1) is 6.61 Å². The molecule has 3 heteroatoms. The molecule has 26 heavy (non-hydrogen) atoms. The van der Waals surface area contributed by atoms with E-state index in [1.165, 1.54) is 12.8 Å². The van der Waals surface area contributed by atoms with E-state index in [0.29, 0.717) is 23.7 Å². The van der Waals surface area contributed by atoms with Gasteiger partial charge < -0.3 is 9.47 Å². The second-order valence-electron chi connectivity index (χ2n) is 6.51. The summed E-state index contributed by atoms with van der Waals surface area (Å²) in [5, 5.41) is 0. The first kappa shape index (κ1) is 20.0. The van der Waals surface area contributed by atoms with E-state index in [0.717, 1.165) is 37.7 Å². The van der Waals surface area contributed by atoms with Gasteiger partial charge in [0.25, 0.3) is 0 Å². The summed E-state index contributed by atoms with van der Waals surface area (Å²) in [5.41, 5.74) is 1.56. The average Bonchev–Trinajstić information content (AvgIpc) is 2.67. The van der Waals surface area contributed by atoms with Crippen LogP contribution in [-0.2, 0) is 6.42 Å². The summed E-state index contributed by atoms with van der Waals surface area (Å²) >= 11 is 0.